The highest BCUT2D eigenvalue weighted by Gasteiger charge is 2.23. The van der Waals surface area contributed by atoms with Crippen LogP contribution >= 0.6 is 0 Å². The van der Waals surface area contributed by atoms with Crippen molar-refractivity contribution in [3.63, 3.8) is 0 Å². The first-order valence-electron chi connectivity index (χ1n) is 7.80. The molecule has 2 atom stereocenters. The maximum absolute atomic E-state index is 4.73. The van der Waals surface area contributed by atoms with Gasteiger partial charge in [0.05, 0.1) is 23.5 Å². The average Bonchev–Trinajstić information content (AvgIpc) is 2.61. The van der Waals surface area contributed by atoms with E-state index < -0.39 is 0 Å². The van der Waals surface area contributed by atoms with Gasteiger partial charge in [0.1, 0.15) is 0 Å². The second kappa shape index (κ2) is 7.59. The molecule has 0 N–H and O–H groups in total. The molecule has 2 heterocycles. The SMILES string of the molecule is C(=N\C1CCCC[C@@H]1/N=C/c1ccccn1)/c1ccccn1. The van der Waals surface area contributed by atoms with Crippen LogP contribution in [0.3, 0.4) is 0 Å². The Morgan fingerprint density at radius 2 is 1.27 bits per heavy atom. The zero-order chi connectivity index (χ0) is 15.0. The highest BCUT2D eigenvalue weighted by atomic mass is 14.9. The van der Waals surface area contributed by atoms with Gasteiger partial charge in [0.25, 0.3) is 0 Å². The van der Waals surface area contributed by atoms with Gasteiger partial charge in [-0.3, -0.25) is 20.0 Å². The summed E-state index contributed by atoms with van der Waals surface area (Å²) >= 11 is 0. The highest BCUT2D eigenvalue weighted by Crippen LogP contribution is 2.23. The summed E-state index contributed by atoms with van der Waals surface area (Å²) in [4.78, 5) is 18.0. The maximum atomic E-state index is 4.73. The molecule has 2 aromatic heterocycles. The van der Waals surface area contributed by atoms with E-state index in [1.54, 1.807) is 12.4 Å². The molecule has 0 amide bonds. The van der Waals surface area contributed by atoms with Crippen LogP contribution in [0.15, 0.2) is 58.8 Å². The Morgan fingerprint density at radius 3 is 1.68 bits per heavy atom. The summed E-state index contributed by atoms with van der Waals surface area (Å²) in [5.41, 5.74) is 1.81. The predicted molar refractivity (Wildman–Crippen MR) is 89.7 cm³/mol. The summed E-state index contributed by atoms with van der Waals surface area (Å²) in [6.45, 7) is 0. The first-order valence-corrected chi connectivity index (χ1v) is 7.80. The van der Waals surface area contributed by atoms with E-state index in [4.69, 9.17) is 9.98 Å². The number of rotatable bonds is 4. The third-order valence-corrected chi connectivity index (χ3v) is 3.87. The van der Waals surface area contributed by atoms with Crippen LogP contribution in [0.2, 0.25) is 0 Å². The van der Waals surface area contributed by atoms with Crippen LogP contribution < -0.4 is 0 Å². The van der Waals surface area contributed by atoms with Crippen LogP contribution in [0, 0.1) is 0 Å². The van der Waals surface area contributed by atoms with Crippen LogP contribution in [0.5, 0.6) is 0 Å². The van der Waals surface area contributed by atoms with Crippen LogP contribution in [-0.4, -0.2) is 34.5 Å². The van der Waals surface area contributed by atoms with E-state index in [1.165, 1.54) is 12.8 Å². The first kappa shape index (κ1) is 14.6. The smallest absolute Gasteiger partial charge is 0.0807 e. The highest BCUT2D eigenvalue weighted by molar-refractivity contribution is 5.77. The molecular weight excluding hydrogens is 272 g/mol. The largest absolute Gasteiger partial charge is 0.285 e. The quantitative estimate of drug-likeness (QED) is 0.812. The van der Waals surface area contributed by atoms with Gasteiger partial charge in [-0.15, -0.1) is 0 Å². The van der Waals surface area contributed by atoms with Crippen LogP contribution in [0.4, 0.5) is 0 Å². The molecule has 0 aliphatic heterocycles. The summed E-state index contributed by atoms with van der Waals surface area (Å²) in [7, 11) is 0. The monoisotopic (exact) mass is 292 g/mol. The molecule has 1 aliphatic rings. The number of aliphatic imine (C=N–C) groups is 2. The molecule has 4 heteroatoms. The molecule has 2 aromatic rings. The lowest BCUT2D eigenvalue weighted by Crippen LogP contribution is -2.27. The fourth-order valence-corrected chi connectivity index (χ4v) is 2.69. The molecule has 1 unspecified atom stereocenters. The van der Waals surface area contributed by atoms with Crippen molar-refractivity contribution in [2.75, 3.05) is 0 Å². The number of nitrogens with zero attached hydrogens (tertiary/aromatic N) is 4. The second-order valence-electron chi connectivity index (χ2n) is 5.48. The van der Waals surface area contributed by atoms with Gasteiger partial charge in [-0.1, -0.05) is 25.0 Å². The Hall–Kier alpha value is -2.36. The Kier molecular flexibility index (Phi) is 5.03. The van der Waals surface area contributed by atoms with Gasteiger partial charge in [0, 0.05) is 24.8 Å². The minimum atomic E-state index is 0.246. The molecule has 22 heavy (non-hydrogen) atoms. The summed E-state index contributed by atoms with van der Waals surface area (Å²) in [5.74, 6) is 0. The maximum Gasteiger partial charge on any atom is 0.0807 e. The van der Waals surface area contributed by atoms with Crippen molar-refractivity contribution in [3.8, 4) is 0 Å². The minimum absolute atomic E-state index is 0.246. The van der Waals surface area contributed by atoms with E-state index >= 15 is 0 Å². The second-order valence-corrected chi connectivity index (χ2v) is 5.48. The van der Waals surface area contributed by atoms with Gasteiger partial charge < -0.3 is 0 Å². The van der Waals surface area contributed by atoms with Crippen LogP contribution in [0.25, 0.3) is 0 Å². The lowest BCUT2D eigenvalue weighted by Gasteiger charge is -2.25. The van der Waals surface area contributed by atoms with Gasteiger partial charge in [0.15, 0.2) is 0 Å². The predicted octanol–water partition coefficient (Wildman–Crippen LogP) is 3.33. The van der Waals surface area contributed by atoms with E-state index in [0.29, 0.717) is 0 Å². The number of hydrogen-bond donors (Lipinski definition) is 0. The molecule has 112 valence electrons. The van der Waals surface area contributed by atoms with E-state index in [-0.39, 0.29) is 12.1 Å². The van der Waals surface area contributed by atoms with Crippen molar-refractivity contribution >= 4 is 12.4 Å². The Bertz CT molecular complexity index is 565. The molecule has 1 fully saturated rings. The molecule has 0 radical (unpaired) electrons. The van der Waals surface area contributed by atoms with Gasteiger partial charge in [-0.05, 0) is 37.1 Å². The standard InChI is InChI=1S/C18H20N4/c1-2-10-18(22-14-16-8-4-6-12-20-16)17(9-1)21-13-15-7-3-5-11-19-15/h3-8,11-14,17-18H,1-2,9-10H2/b21-13+,22-14+/t17-,18?/m0/s1. The summed E-state index contributed by atoms with van der Waals surface area (Å²) in [6.07, 6.45) is 12.0. The van der Waals surface area contributed by atoms with Gasteiger partial charge in [0.2, 0.25) is 0 Å². The normalized spacial score (nSPS) is 22.4. The fraction of sp³-hybridized carbons (Fsp3) is 0.333. The molecule has 0 spiro atoms. The molecule has 0 saturated heterocycles. The molecule has 0 aromatic carbocycles. The third kappa shape index (κ3) is 4.07. The van der Waals surface area contributed by atoms with Crippen molar-refractivity contribution < 1.29 is 0 Å². The number of hydrogen-bond acceptors (Lipinski definition) is 4. The Labute approximate surface area is 131 Å². The van der Waals surface area contributed by atoms with Crippen molar-refractivity contribution in [1.29, 1.82) is 0 Å². The van der Waals surface area contributed by atoms with Crippen LogP contribution in [-0.2, 0) is 0 Å². The first-order chi connectivity index (χ1) is 10.9. The lowest BCUT2D eigenvalue weighted by molar-refractivity contribution is 0.390. The molecule has 0 bridgehead atoms. The van der Waals surface area contributed by atoms with Crippen molar-refractivity contribution in [2.24, 2.45) is 9.98 Å². The van der Waals surface area contributed by atoms with Crippen molar-refractivity contribution in [1.82, 2.24) is 9.97 Å². The lowest BCUT2D eigenvalue weighted by atomic mass is 9.91. The zero-order valence-corrected chi connectivity index (χ0v) is 12.5. The average molecular weight is 292 g/mol. The van der Waals surface area contributed by atoms with E-state index in [1.807, 2.05) is 48.8 Å². The van der Waals surface area contributed by atoms with Gasteiger partial charge >= 0.3 is 0 Å². The van der Waals surface area contributed by atoms with E-state index in [9.17, 15) is 0 Å². The van der Waals surface area contributed by atoms with Crippen LogP contribution in [0.1, 0.15) is 37.1 Å². The Balaban J connectivity index is 1.69. The number of aromatic nitrogens is 2. The molecular formula is C18H20N4. The molecule has 1 aliphatic carbocycles. The summed E-state index contributed by atoms with van der Waals surface area (Å²) in [5, 5.41) is 0. The van der Waals surface area contributed by atoms with Gasteiger partial charge in [-0.2, -0.15) is 0 Å². The fourth-order valence-electron chi connectivity index (χ4n) is 2.69. The minimum Gasteiger partial charge on any atom is -0.285 e. The van der Waals surface area contributed by atoms with E-state index in [2.05, 4.69) is 9.97 Å². The topological polar surface area (TPSA) is 50.5 Å². The molecule has 4 nitrogen and oxygen atoms in total. The third-order valence-electron chi connectivity index (χ3n) is 3.87. The number of pyridine rings is 2. The summed E-state index contributed by atoms with van der Waals surface area (Å²) in [6, 6.07) is 12.2. The van der Waals surface area contributed by atoms with Crippen molar-refractivity contribution in [3.05, 3.63) is 60.2 Å². The molecule has 1 saturated carbocycles. The van der Waals surface area contributed by atoms with E-state index in [0.717, 1.165) is 24.2 Å². The zero-order valence-electron chi connectivity index (χ0n) is 12.5. The molecule has 3 rings (SSSR count). The summed E-state index contributed by atoms with van der Waals surface area (Å²) < 4.78 is 0. The van der Waals surface area contributed by atoms with Gasteiger partial charge in [-0.25, -0.2) is 0 Å². The van der Waals surface area contributed by atoms with Crippen molar-refractivity contribution in [2.45, 2.75) is 37.8 Å². The Morgan fingerprint density at radius 1 is 0.773 bits per heavy atom.